The van der Waals surface area contributed by atoms with Crippen LogP contribution in [0.4, 0.5) is 11.8 Å². The van der Waals surface area contributed by atoms with Gasteiger partial charge in [0.2, 0.25) is 11.8 Å². The van der Waals surface area contributed by atoms with Gasteiger partial charge in [-0.1, -0.05) is 32.0 Å². The van der Waals surface area contributed by atoms with E-state index in [0.717, 1.165) is 18.7 Å². The summed E-state index contributed by atoms with van der Waals surface area (Å²) in [5, 5.41) is 3.11. The monoisotopic (exact) mass is 286 g/mol. The predicted octanol–water partition coefficient (Wildman–Crippen LogP) is 3.80. The summed E-state index contributed by atoms with van der Waals surface area (Å²) in [5.41, 5.74) is 6.89. The van der Waals surface area contributed by atoms with E-state index in [1.807, 2.05) is 25.1 Å². The number of nitrogens with one attached hydrogen (secondary N) is 1. The van der Waals surface area contributed by atoms with Crippen molar-refractivity contribution in [1.82, 2.24) is 9.97 Å². The molecule has 0 radical (unpaired) electrons. The molecule has 1 unspecified atom stereocenters. The first kappa shape index (κ1) is 15.1. The minimum Gasteiger partial charge on any atom is -0.438 e. The fourth-order valence-electron chi connectivity index (χ4n) is 2.08. The zero-order valence-electron chi connectivity index (χ0n) is 12.8. The topological polar surface area (TPSA) is 73.1 Å². The summed E-state index contributed by atoms with van der Waals surface area (Å²) in [4.78, 5) is 8.26. The molecular weight excluding hydrogens is 264 g/mol. The number of nitrogens with two attached hydrogens (primary N) is 1. The Kier molecular flexibility index (Phi) is 4.98. The number of ether oxygens (including phenoxy) is 1. The van der Waals surface area contributed by atoms with Crippen molar-refractivity contribution >= 4 is 11.8 Å². The normalized spacial score (nSPS) is 12.0. The van der Waals surface area contributed by atoms with Crippen molar-refractivity contribution in [1.29, 1.82) is 0 Å². The summed E-state index contributed by atoms with van der Waals surface area (Å²) in [6.45, 7) is 7.10. The van der Waals surface area contributed by atoms with Crippen LogP contribution in [0.5, 0.6) is 11.6 Å². The largest absolute Gasteiger partial charge is 0.438 e. The van der Waals surface area contributed by atoms with Crippen molar-refractivity contribution in [3.05, 3.63) is 35.9 Å². The number of nitrogens with zero attached hydrogens (tertiary/aromatic N) is 2. The molecule has 0 aliphatic carbocycles. The van der Waals surface area contributed by atoms with E-state index in [9.17, 15) is 0 Å². The van der Waals surface area contributed by atoms with E-state index in [0.29, 0.717) is 17.6 Å². The highest BCUT2D eigenvalue weighted by Gasteiger charge is 2.12. The molecule has 1 aromatic heterocycles. The Morgan fingerprint density at radius 1 is 1.24 bits per heavy atom. The summed E-state index contributed by atoms with van der Waals surface area (Å²) in [5.74, 6) is 2.56. The summed E-state index contributed by atoms with van der Waals surface area (Å²) in [6, 6.07) is 9.77. The van der Waals surface area contributed by atoms with Crippen LogP contribution in [0.25, 0.3) is 0 Å². The maximum Gasteiger partial charge on any atom is 0.226 e. The lowest BCUT2D eigenvalue weighted by molar-refractivity contribution is 0.452. The summed E-state index contributed by atoms with van der Waals surface area (Å²) in [7, 11) is 0. The molecule has 5 nitrogen and oxygen atoms in total. The Bertz CT molecular complexity index is 601. The molecule has 0 aliphatic heterocycles. The second-order valence-electron chi connectivity index (χ2n) is 4.93. The number of benzene rings is 1. The SMILES string of the molecule is CCNc1cc(Oc2ccccc2C(C)CC)nc(N)n1. The molecule has 5 heteroatoms. The lowest BCUT2D eigenvalue weighted by atomic mass is 9.98. The van der Waals surface area contributed by atoms with E-state index >= 15 is 0 Å². The second-order valence-corrected chi connectivity index (χ2v) is 4.93. The molecule has 0 aliphatic rings. The fraction of sp³-hybridized carbons (Fsp3) is 0.375. The molecule has 1 heterocycles. The Labute approximate surface area is 125 Å². The number of hydrogen-bond donors (Lipinski definition) is 2. The predicted molar refractivity (Wildman–Crippen MR) is 85.8 cm³/mol. The van der Waals surface area contributed by atoms with E-state index in [1.165, 1.54) is 5.56 Å². The Morgan fingerprint density at radius 2 is 2.00 bits per heavy atom. The zero-order chi connectivity index (χ0) is 15.2. The first-order valence-electron chi connectivity index (χ1n) is 7.29. The maximum absolute atomic E-state index is 5.93. The van der Waals surface area contributed by atoms with Crippen LogP contribution in [0.15, 0.2) is 30.3 Å². The van der Waals surface area contributed by atoms with Gasteiger partial charge < -0.3 is 15.8 Å². The number of anilines is 2. The molecule has 3 N–H and O–H groups in total. The van der Waals surface area contributed by atoms with Crippen LogP contribution < -0.4 is 15.8 Å². The van der Waals surface area contributed by atoms with Gasteiger partial charge in [0, 0.05) is 12.6 Å². The number of aromatic nitrogens is 2. The van der Waals surface area contributed by atoms with Gasteiger partial charge in [-0.25, -0.2) is 0 Å². The number of hydrogen-bond acceptors (Lipinski definition) is 5. The highest BCUT2D eigenvalue weighted by molar-refractivity contribution is 5.45. The van der Waals surface area contributed by atoms with Gasteiger partial charge in [-0.05, 0) is 30.9 Å². The van der Waals surface area contributed by atoms with E-state index < -0.39 is 0 Å². The van der Waals surface area contributed by atoms with Crippen LogP contribution in [0, 0.1) is 0 Å². The van der Waals surface area contributed by atoms with E-state index in [1.54, 1.807) is 6.07 Å². The molecule has 0 saturated heterocycles. The van der Waals surface area contributed by atoms with E-state index in [4.69, 9.17) is 10.5 Å². The molecule has 21 heavy (non-hydrogen) atoms. The minimum absolute atomic E-state index is 0.199. The van der Waals surface area contributed by atoms with Crippen molar-refractivity contribution in [3.8, 4) is 11.6 Å². The maximum atomic E-state index is 5.93. The number of nitrogen functional groups attached to an aromatic ring is 1. The summed E-state index contributed by atoms with van der Waals surface area (Å²) < 4.78 is 5.93. The minimum atomic E-state index is 0.199. The Balaban J connectivity index is 2.30. The average molecular weight is 286 g/mol. The lowest BCUT2D eigenvalue weighted by Crippen LogP contribution is -2.05. The molecule has 0 bridgehead atoms. The Morgan fingerprint density at radius 3 is 2.71 bits per heavy atom. The lowest BCUT2D eigenvalue weighted by Gasteiger charge is -2.15. The van der Waals surface area contributed by atoms with Gasteiger partial charge in [0.1, 0.15) is 11.6 Å². The van der Waals surface area contributed by atoms with Crippen LogP contribution in [0.3, 0.4) is 0 Å². The van der Waals surface area contributed by atoms with Crippen molar-refractivity contribution in [2.75, 3.05) is 17.6 Å². The molecular formula is C16H22N4O. The number of para-hydroxylation sites is 1. The van der Waals surface area contributed by atoms with Gasteiger partial charge in [0.15, 0.2) is 0 Å². The van der Waals surface area contributed by atoms with Crippen molar-refractivity contribution < 1.29 is 4.74 Å². The van der Waals surface area contributed by atoms with Crippen molar-refractivity contribution in [3.63, 3.8) is 0 Å². The van der Waals surface area contributed by atoms with Gasteiger partial charge in [-0.3, -0.25) is 0 Å². The van der Waals surface area contributed by atoms with Crippen molar-refractivity contribution in [2.45, 2.75) is 33.1 Å². The van der Waals surface area contributed by atoms with Gasteiger partial charge in [-0.2, -0.15) is 9.97 Å². The molecule has 112 valence electrons. The van der Waals surface area contributed by atoms with Gasteiger partial charge in [-0.15, -0.1) is 0 Å². The second kappa shape index (κ2) is 6.92. The van der Waals surface area contributed by atoms with Gasteiger partial charge in [0.25, 0.3) is 0 Å². The molecule has 0 spiro atoms. The summed E-state index contributed by atoms with van der Waals surface area (Å²) >= 11 is 0. The molecule has 0 fully saturated rings. The molecule has 2 rings (SSSR count). The fourth-order valence-corrected chi connectivity index (χ4v) is 2.08. The summed E-state index contributed by atoms with van der Waals surface area (Å²) in [6.07, 6.45) is 1.05. The molecule has 0 saturated carbocycles. The van der Waals surface area contributed by atoms with E-state index in [2.05, 4.69) is 35.2 Å². The highest BCUT2D eigenvalue weighted by Crippen LogP contribution is 2.31. The van der Waals surface area contributed by atoms with Crippen LogP contribution in [-0.4, -0.2) is 16.5 Å². The third kappa shape index (κ3) is 3.84. The standard InChI is InChI=1S/C16H22N4O/c1-4-11(3)12-8-6-7-9-13(12)21-15-10-14(18-5-2)19-16(17)20-15/h6-11H,4-5H2,1-3H3,(H3,17,18,19,20). The van der Waals surface area contributed by atoms with E-state index in [-0.39, 0.29) is 5.95 Å². The molecule has 1 aromatic carbocycles. The molecule has 2 aromatic rings. The van der Waals surface area contributed by atoms with Crippen LogP contribution >= 0.6 is 0 Å². The number of rotatable bonds is 6. The smallest absolute Gasteiger partial charge is 0.226 e. The van der Waals surface area contributed by atoms with Gasteiger partial charge >= 0.3 is 0 Å². The third-order valence-corrected chi connectivity index (χ3v) is 3.35. The van der Waals surface area contributed by atoms with Crippen LogP contribution in [0.1, 0.15) is 38.7 Å². The first-order valence-corrected chi connectivity index (χ1v) is 7.29. The van der Waals surface area contributed by atoms with Crippen molar-refractivity contribution in [2.24, 2.45) is 0 Å². The van der Waals surface area contributed by atoms with Crippen LogP contribution in [0.2, 0.25) is 0 Å². The third-order valence-electron chi connectivity index (χ3n) is 3.35. The molecule has 0 amide bonds. The highest BCUT2D eigenvalue weighted by atomic mass is 16.5. The first-order chi connectivity index (χ1) is 10.1. The average Bonchev–Trinajstić information content (AvgIpc) is 2.47. The zero-order valence-corrected chi connectivity index (χ0v) is 12.8. The van der Waals surface area contributed by atoms with Gasteiger partial charge in [0.05, 0.1) is 0 Å². The van der Waals surface area contributed by atoms with Crippen LogP contribution in [-0.2, 0) is 0 Å². The Hall–Kier alpha value is -2.30. The quantitative estimate of drug-likeness (QED) is 0.845. The molecule has 1 atom stereocenters.